The Balaban J connectivity index is 1.93. The highest BCUT2D eigenvalue weighted by atomic mass is 32.1. The zero-order valence-electron chi connectivity index (χ0n) is 17.7. The molecule has 3 rings (SSSR count). The Morgan fingerprint density at radius 3 is 2.32 bits per heavy atom. The lowest BCUT2D eigenvalue weighted by molar-refractivity contribution is 0.0529. The molecule has 0 aliphatic heterocycles. The Morgan fingerprint density at radius 2 is 1.71 bits per heavy atom. The molecule has 1 heterocycles. The van der Waals surface area contributed by atoms with E-state index in [-0.39, 0.29) is 23.9 Å². The van der Waals surface area contributed by atoms with Crippen LogP contribution in [0, 0.1) is 12.7 Å². The number of hydrogen-bond donors (Lipinski definition) is 1. The van der Waals surface area contributed by atoms with E-state index in [9.17, 15) is 14.0 Å². The molecule has 0 fully saturated rings. The molecule has 0 spiro atoms. The van der Waals surface area contributed by atoms with Crippen molar-refractivity contribution in [2.45, 2.75) is 27.2 Å². The highest BCUT2D eigenvalue weighted by Crippen LogP contribution is 2.40. The number of rotatable bonds is 8. The second kappa shape index (κ2) is 10.2. The molecule has 1 N–H and O–H groups in total. The van der Waals surface area contributed by atoms with Crippen LogP contribution in [-0.4, -0.2) is 25.1 Å². The van der Waals surface area contributed by atoms with E-state index in [2.05, 4.69) is 5.32 Å². The van der Waals surface area contributed by atoms with Gasteiger partial charge < -0.3 is 14.8 Å². The fourth-order valence-electron chi connectivity index (χ4n) is 3.09. The zero-order valence-corrected chi connectivity index (χ0v) is 18.5. The van der Waals surface area contributed by atoms with E-state index in [0.29, 0.717) is 34.0 Å². The molecule has 7 heteroatoms. The number of aryl methyl sites for hydroxylation is 1. The van der Waals surface area contributed by atoms with E-state index in [1.165, 1.54) is 23.5 Å². The normalized spacial score (nSPS) is 10.6. The summed E-state index contributed by atoms with van der Waals surface area (Å²) in [6.45, 7) is 6.39. The first kappa shape index (κ1) is 22.5. The number of halogens is 1. The molecule has 0 unspecified atom stereocenters. The summed E-state index contributed by atoms with van der Waals surface area (Å²) in [4.78, 5) is 26.4. The quantitative estimate of drug-likeness (QED) is 0.430. The predicted molar refractivity (Wildman–Crippen MR) is 121 cm³/mol. The first-order valence-electron chi connectivity index (χ1n) is 10.0. The van der Waals surface area contributed by atoms with Crippen molar-refractivity contribution in [1.82, 2.24) is 0 Å². The highest BCUT2D eigenvalue weighted by Gasteiger charge is 2.25. The summed E-state index contributed by atoms with van der Waals surface area (Å²) in [7, 11) is 0. The third-order valence-corrected chi connectivity index (χ3v) is 5.53. The standard InChI is InChI=1S/C24H24FNO4S/c1-4-14-30-19-12-8-17(9-13-19)22(27)26-23-21(24(28)29-5-2)20(15(3)31-23)16-6-10-18(25)11-7-16/h6-13H,4-5,14H2,1-3H3,(H,26,27). The summed E-state index contributed by atoms with van der Waals surface area (Å²) in [5, 5.41) is 3.23. The lowest BCUT2D eigenvalue weighted by Gasteiger charge is -2.10. The summed E-state index contributed by atoms with van der Waals surface area (Å²) >= 11 is 1.28. The second-order valence-electron chi connectivity index (χ2n) is 6.79. The van der Waals surface area contributed by atoms with Crippen LogP contribution in [-0.2, 0) is 4.74 Å². The van der Waals surface area contributed by atoms with Crippen molar-refractivity contribution < 1.29 is 23.5 Å². The maximum Gasteiger partial charge on any atom is 0.341 e. The molecule has 0 radical (unpaired) electrons. The molecule has 0 aliphatic rings. The highest BCUT2D eigenvalue weighted by molar-refractivity contribution is 7.17. The van der Waals surface area contributed by atoms with Gasteiger partial charge in [-0.25, -0.2) is 9.18 Å². The van der Waals surface area contributed by atoms with E-state index in [0.717, 1.165) is 11.3 Å². The van der Waals surface area contributed by atoms with Crippen LogP contribution in [0.15, 0.2) is 48.5 Å². The van der Waals surface area contributed by atoms with Crippen LogP contribution >= 0.6 is 11.3 Å². The first-order valence-corrected chi connectivity index (χ1v) is 10.9. The third-order valence-electron chi connectivity index (χ3n) is 4.51. The van der Waals surface area contributed by atoms with E-state index < -0.39 is 5.97 Å². The Labute approximate surface area is 184 Å². The molecule has 0 aliphatic carbocycles. The number of nitrogens with one attached hydrogen (secondary N) is 1. The largest absolute Gasteiger partial charge is 0.494 e. The van der Waals surface area contributed by atoms with Gasteiger partial charge in [0.1, 0.15) is 22.1 Å². The summed E-state index contributed by atoms with van der Waals surface area (Å²) in [5.41, 5.74) is 2.01. The van der Waals surface area contributed by atoms with Gasteiger partial charge in [-0.15, -0.1) is 11.3 Å². The Bertz CT molecular complexity index is 1060. The summed E-state index contributed by atoms with van der Waals surface area (Å²) in [5.74, 6) is -0.560. The van der Waals surface area contributed by atoms with Gasteiger partial charge in [-0.05, 0) is 62.2 Å². The van der Waals surface area contributed by atoms with Crippen LogP contribution < -0.4 is 10.1 Å². The molecule has 31 heavy (non-hydrogen) atoms. The average molecular weight is 442 g/mol. The van der Waals surface area contributed by atoms with Crippen LogP contribution in [0.5, 0.6) is 5.75 Å². The predicted octanol–water partition coefficient (Wildman–Crippen LogP) is 6.08. The van der Waals surface area contributed by atoms with Gasteiger partial charge in [0.25, 0.3) is 5.91 Å². The Hall–Kier alpha value is -3.19. The average Bonchev–Trinajstić information content (AvgIpc) is 3.09. The Morgan fingerprint density at radius 1 is 1.03 bits per heavy atom. The topological polar surface area (TPSA) is 64.6 Å². The number of anilines is 1. The minimum absolute atomic E-state index is 0.198. The molecule has 2 aromatic carbocycles. The number of carbonyl (C=O) groups excluding carboxylic acids is 2. The number of thiophene rings is 1. The van der Waals surface area contributed by atoms with Gasteiger partial charge >= 0.3 is 5.97 Å². The van der Waals surface area contributed by atoms with Crippen molar-refractivity contribution in [1.29, 1.82) is 0 Å². The fraction of sp³-hybridized carbons (Fsp3) is 0.250. The van der Waals surface area contributed by atoms with Crippen molar-refractivity contribution in [3.63, 3.8) is 0 Å². The molecule has 1 aromatic heterocycles. The van der Waals surface area contributed by atoms with Crippen LogP contribution in [0.1, 0.15) is 45.9 Å². The van der Waals surface area contributed by atoms with Crippen LogP contribution in [0.3, 0.4) is 0 Å². The van der Waals surface area contributed by atoms with E-state index in [1.54, 1.807) is 43.3 Å². The molecular formula is C24H24FNO4S. The lowest BCUT2D eigenvalue weighted by Crippen LogP contribution is -2.14. The van der Waals surface area contributed by atoms with E-state index >= 15 is 0 Å². The molecule has 0 atom stereocenters. The number of carbonyl (C=O) groups is 2. The minimum Gasteiger partial charge on any atom is -0.494 e. The van der Waals surface area contributed by atoms with Gasteiger partial charge in [-0.1, -0.05) is 19.1 Å². The Kier molecular flexibility index (Phi) is 7.41. The first-order chi connectivity index (χ1) is 14.9. The molecule has 1 amide bonds. The van der Waals surface area contributed by atoms with Crippen molar-refractivity contribution in [2.75, 3.05) is 18.5 Å². The summed E-state index contributed by atoms with van der Waals surface area (Å²) in [6, 6.07) is 12.7. The number of benzene rings is 2. The van der Waals surface area contributed by atoms with Crippen LogP contribution in [0.25, 0.3) is 11.1 Å². The van der Waals surface area contributed by atoms with Crippen molar-refractivity contribution >= 4 is 28.2 Å². The molecule has 162 valence electrons. The van der Waals surface area contributed by atoms with Crippen molar-refractivity contribution in [3.05, 3.63) is 70.4 Å². The van der Waals surface area contributed by atoms with Crippen molar-refractivity contribution in [2.24, 2.45) is 0 Å². The van der Waals surface area contributed by atoms with Crippen molar-refractivity contribution in [3.8, 4) is 16.9 Å². The maximum atomic E-state index is 13.4. The third kappa shape index (κ3) is 5.30. The SMILES string of the molecule is CCCOc1ccc(C(=O)Nc2sc(C)c(-c3ccc(F)cc3)c2C(=O)OCC)cc1. The van der Waals surface area contributed by atoms with Gasteiger partial charge in [0.15, 0.2) is 0 Å². The number of hydrogen-bond acceptors (Lipinski definition) is 5. The smallest absolute Gasteiger partial charge is 0.341 e. The van der Waals surface area contributed by atoms with Crippen LogP contribution in [0.4, 0.5) is 9.39 Å². The van der Waals surface area contributed by atoms with Gasteiger partial charge in [-0.2, -0.15) is 0 Å². The second-order valence-corrected chi connectivity index (χ2v) is 8.02. The summed E-state index contributed by atoms with van der Waals surface area (Å²) in [6.07, 6.45) is 0.896. The number of amides is 1. The number of ether oxygens (including phenoxy) is 2. The molecule has 0 saturated heterocycles. The lowest BCUT2D eigenvalue weighted by atomic mass is 10.0. The van der Waals surface area contributed by atoms with Gasteiger partial charge in [0.05, 0.1) is 13.2 Å². The van der Waals surface area contributed by atoms with Gasteiger partial charge in [-0.3, -0.25) is 4.79 Å². The van der Waals surface area contributed by atoms with Gasteiger partial charge in [0.2, 0.25) is 0 Å². The number of esters is 1. The molecule has 0 bridgehead atoms. The molecular weight excluding hydrogens is 417 g/mol. The maximum absolute atomic E-state index is 13.4. The molecule has 3 aromatic rings. The van der Waals surface area contributed by atoms with Crippen LogP contribution in [0.2, 0.25) is 0 Å². The fourth-order valence-corrected chi connectivity index (χ4v) is 4.15. The molecule has 5 nitrogen and oxygen atoms in total. The van der Waals surface area contributed by atoms with E-state index in [1.807, 2.05) is 13.8 Å². The monoisotopic (exact) mass is 441 g/mol. The van der Waals surface area contributed by atoms with Gasteiger partial charge in [0, 0.05) is 16.0 Å². The minimum atomic E-state index is -0.537. The van der Waals surface area contributed by atoms with E-state index in [4.69, 9.17) is 9.47 Å². The molecule has 0 saturated carbocycles. The zero-order chi connectivity index (χ0) is 22.4. The summed E-state index contributed by atoms with van der Waals surface area (Å²) < 4.78 is 24.2.